The zero-order valence-electron chi connectivity index (χ0n) is 12.7. The van der Waals surface area contributed by atoms with Gasteiger partial charge in [0.1, 0.15) is 0 Å². The summed E-state index contributed by atoms with van der Waals surface area (Å²) in [6.07, 6.45) is 4.61. The molecule has 1 aromatic carbocycles. The Morgan fingerprint density at radius 1 is 1.32 bits per heavy atom. The number of hydrogen-bond donors (Lipinski definition) is 1. The first-order valence-corrected chi connectivity index (χ1v) is 7.86. The number of rotatable bonds is 3. The number of nitro groups is 1. The van der Waals surface area contributed by atoms with Gasteiger partial charge >= 0.3 is 0 Å². The molecule has 6 nitrogen and oxygen atoms in total. The summed E-state index contributed by atoms with van der Waals surface area (Å²) in [6.45, 7) is 3.84. The maximum Gasteiger partial charge on any atom is 0.272 e. The van der Waals surface area contributed by atoms with Crippen LogP contribution < -0.4 is 5.32 Å². The number of carbonyl (C=O) groups is 1. The summed E-state index contributed by atoms with van der Waals surface area (Å²) in [5.41, 5.74) is 1.07. The molecule has 2 atom stereocenters. The molecule has 3 rings (SSSR count). The maximum atomic E-state index is 12.4. The van der Waals surface area contributed by atoms with E-state index in [0.29, 0.717) is 17.2 Å². The van der Waals surface area contributed by atoms with E-state index in [-0.39, 0.29) is 17.6 Å². The molecule has 2 fully saturated rings. The monoisotopic (exact) mass is 303 g/mol. The van der Waals surface area contributed by atoms with Crippen LogP contribution in [0.15, 0.2) is 18.2 Å². The van der Waals surface area contributed by atoms with Crippen molar-refractivity contribution >= 4 is 11.6 Å². The highest BCUT2D eigenvalue weighted by Crippen LogP contribution is 2.27. The van der Waals surface area contributed by atoms with Crippen molar-refractivity contribution in [2.75, 3.05) is 13.1 Å². The van der Waals surface area contributed by atoms with Crippen molar-refractivity contribution < 1.29 is 9.72 Å². The van der Waals surface area contributed by atoms with E-state index in [2.05, 4.69) is 10.2 Å². The van der Waals surface area contributed by atoms with E-state index in [1.807, 2.05) is 0 Å². The third-order valence-electron chi connectivity index (χ3n) is 4.83. The number of amides is 1. The number of carbonyl (C=O) groups excluding carboxylic acids is 1. The van der Waals surface area contributed by atoms with Crippen LogP contribution in [0.1, 0.15) is 41.6 Å². The lowest BCUT2D eigenvalue weighted by Gasteiger charge is -2.32. The van der Waals surface area contributed by atoms with Gasteiger partial charge in [0, 0.05) is 35.8 Å². The fourth-order valence-corrected chi connectivity index (χ4v) is 3.67. The van der Waals surface area contributed by atoms with Crippen LogP contribution in [0.3, 0.4) is 0 Å². The first kappa shape index (κ1) is 15.0. The van der Waals surface area contributed by atoms with E-state index in [1.165, 1.54) is 25.0 Å². The molecule has 6 heteroatoms. The minimum atomic E-state index is -0.423. The number of hydrogen-bond acceptors (Lipinski definition) is 4. The van der Waals surface area contributed by atoms with Gasteiger partial charge in [0.25, 0.3) is 11.6 Å². The van der Waals surface area contributed by atoms with Crippen LogP contribution >= 0.6 is 0 Å². The topological polar surface area (TPSA) is 75.5 Å². The summed E-state index contributed by atoms with van der Waals surface area (Å²) >= 11 is 0. The molecular formula is C16H21N3O3. The number of nitrogens with zero attached hydrogens (tertiary/aromatic N) is 2. The molecule has 0 spiro atoms. The van der Waals surface area contributed by atoms with Crippen LogP contribution in [0.5, 0.6) is 0 Å². The van der Waals surface area contributed by atoms with Gasteiger partial charge < -0.3 is 5.32 Å². The minimum absolute atomic E-state index is 0.0517. The average Bonchev–Trinajstić information content (AvgIpc) is 2.90. The van der Waals surface area contributed by atoms with E-state index >= 15 is 0 Å². The largest absolute Gasteiger partial charge is 0.348 e. The Morgan fingerprint density at radius 3 is 2.86 bits per heavy atom. The molecule has 2 aliphatic heterocycles. The Bertz CT molecular complexity index is 602. The van der Waals surface area contributed by atoms with Crippen molar-refractivity contribution in [1.82, 2.24) is 10.2 Å². The number of fused-ring (bicyclic) bond motifs is 1. The third-order valence-corrected chi connectivity index (χ3v) is 4.83. The Hall–Kier alpha value is -1.95. The number of benzene rings is 1. The van der Waals surface area contributed by atoms with Gasteiger partial charge in [-0.3, -0.25) is 19.8 Å². The van der Waals surface area contributed by atoms with Gasteiger partial charge in [0.15, 0.2) is 0 Å². The molecule has 0 aromatic heterocycles. The predicted octanol–water partition coefficient (Wildman–Crippen LogP) is 2.26. The fraction of sp³-hybridized carbons (Fsp3) is 0.562. The molecule has 118 valence electrons. The molecule has 2 saturated heterocycles. The second kappa shape index (κ2) is 6.04. The molecule has 1 aromatic rings. The molecule has 2 aliphatic rings. The van der Waals surface area contributed by atoms with E-state index in [1.54, 1.807) is 13.0 Å². The van der Waals surface area contributed by atoms with Crippen molar-refractivity contribution in [2.45, 2.75) is 44.7 Å². The van der Waals surface area contributed by atoms with Gasteiger partial charge in [-0.1, -0.05) is 6.42 Å². The highest BCUT2D eigenvalue weighted by molar-refractivity contribution is 5.95. The Labute approximate surface area is 129 Å². The summed E-state index contributed by atoms with van der Waals surface area (Å²) in [4.78, 5) is 25.3. The zero-order valence-corrected chi connectivity index (χ0v) is 12.7. The average molecular weight is 303 g/mol. The normalized spacial score (nSPS) is 24.8. The van der Waals surface area contributed by atoms with E-state index < -0.39 is 4.92 Å². The highest BCUT2D eigenvalue weighted by Gasteiger charge is 2.36. The van der Waals surface area contributed by atoms with E-state index in [4.69, 9.17) is 0 Å². The van der Waals surface area contributed by atoms with Crippen molar-refractivity contribution in [3.63, 3.8) is 0 Å². The van der Waals surface area contributed by atoms with Gasteiger partial charge in [-0.2, -0.15) is 0 Å². The summed E-state index contributed by atoms with van der Waals surface area (Å²) in [7, 11) is 0. The lowest BCUT2D eigenvalue weighted by Crippen LogP contribution is -2.46. The Balaban J connectivity index is 1.69. The molecule has 0 radical (unpaired) electrons. The van der Waals surface area contributed by atoms with Gasteiger partial charge in [-0.05, 0) is 44.9 Å². The molecule has 2 heterocycles. The van der Waals surface area contributed by atoms with Crippen LogP contribution in [-0.2, 0) is 0 Å². The zero-order chi connectivity index (χ0) is 15.7. The van der Waals surface area contributed by atoms with Gasteiger partial charge in [-0.25, -0.2) is 0 Å². The molecule has 0 unspecified atom stereocenters. The lowest BCUT2D eigenvalue weighted by molar-refractivity contribution is -0.385. The molecule has 0 aliphatic carbocycles. The number of aryl methyl sites for hydroxylation is 1. The van der Waals surface area contributed by atoms with Crippen molar-refractivity contribution in [1.29, 1.82) is 0 Å². The van der Waals surface area contributed by atoms with E-state index in [0.717, 1.165) is 25.9 Å². The second-order valence-electron chi connectivity index (χ2n) is 6.23. The minimum Gasteiger partial charge on any atom is -0.348 e. The number of nitrogens with one attached hydrogen (secondary N) is 1. The third kappa shape index (κ3) is 2.83. The molecule has 0 bridgehead atoms. The molecule has 1 N–H and O–H groups in total. The first-order chi connectivity index (χ1) is 10.6. The van der Waals surface area contributed by atoms with Crippen LogP contribution in [0.2, 0.25) is 0 Å². The SMILES string of the molecule is Cc1cc(C(=O)N[C@H]2CCN3CCCC[C@@H]23)ccc1[N+](=O)[O-]. The van der Waals surface area contributed by atoms with Crippen LogP contribution in [0, 0.1) is 17.0 Å². The van der Waals surface area contributed by atoms with Crippen LogP contribution in [0.25, 0.3) is 0 Å². The summed E-state index contributed by atoms with van der Waals surface area (Å²) in [6, 6.07) is 5.20. The molecular weight excluding hydrogens is 282 g/mol. The first-order valence-electron chi connectivity index (χ1n) is 7.86. The van der Waals surface area contributed by atoms with E-state index in [9.17, 15) is 14.9 Å². The Morgan fingerprint density at radius 2 is 2.14 bits per heavy atom. The Kier molecular flexibility index (Phi) is 4.11. The number of piperidine rings is 1. The molecule has 22 heavy (non-hydrogen) atoms. The van der Waals surface area contributed by atoms with Crippen molar-refractivity contribution in [2.24, 2.45) is 0 Å². The van der Waals surface area contributed by atoms with Crippen LogP contribution in [-0.4, -0.2) is 40.9 Å². The molecule has 0 saturated carbocycles. The van der Waals surface area contributed by atoms with Gasteiger partial charge in [0.2, 0.25) is 0 Å². The lowest BCUT2D eigenvalue weighted by atomic mass is 9.98. The predicted molar refractivity (Wildman–Crippen MR) is 82.9 cm³/mol. The van der Waals surface area contributed by atoms with Crippen molar-refractivity contribution in [3.8, 4) is 0 Å². The quantitative estimate of drug-likeness (QED) is 0.686. The van der Waals surface area contributed by atoms with Crippen LogP contribution in [0.4, 0.5) is 5.69 Å². The molecule has 1 amide bonds. The van der Waals surface area contributed by atoms with Gasteiger partial charge in [-0.15, -0.1) is 0 Å². The smallest absolute Gasteiger partial charge is 0.272 e. The van der Waals surface area contributed by atoms with Crippen molar-refractivity contribution in [3.05, 3.63) is 39.4 Å². The summed E-state index contributed by atoms with van der Waals surface area (Å²) in [5, 5.41) is 14.0. The second-order valence-corrected chi connectivity index (χ2v) is 6.23. The maximum absolute atomic E-state index is 12.4. The van der Waals surface area contributed by atoms with Gasteiger partial charge in [0.05, 0.1) is 4.92 Å². The summed E-state index contributed by atoms with van der Waals surface area (Å²) < 4.78 is 0. The number of nitro benzene ring substituents is 1. The standard InChI is InChI=1S/C16H21N3O3/c1-11-10-12(5-6-14(11)19(21)22)16(20)17-13-7-9-18-8-3-2-4-15(13)18/h5-6,10,13,15H,2-4,7-9H2,1H3,(H,17,20)/t13-,15-/m0/s1. The summed E-state index contributed by atoms with van der Waals surface area (Å²) in [5.74, 6) is -0.129. The highest BCUT2D eigenvalue weighted by atomic mass is 16.6. The fourth-order valence-electron chi connectivity index (χ4n) is 3.67.